The largest absolute Gasteiger partial charge is 0.339 e. The van der Waals surface area contributed by atoms with Gasteiger partial charge in [0.15, 0.2) is 0 Å². The topological polar surface area (TPSA) is 23.6 Å². The fourth-order valence-corrected chi connectivity index (χ4v) is 4.02. The molecular weight excluding hydrogens is 272 g/mol. The Hall–Kier alpha value is -1.61. The van der Waals surface area contributed by atoms with Crippen LogP contribution in [0, 0.1) is 0 Å². The average molecular weight is 298 g/mol. The molecule has 118 valence electrons. The minimum absolute atomic E-state index is 0.0472. The van der Waals surface area contributed by atoms with Crippen LogP contribution >= 0.6 is 0 Å². The van der Waals surface area contributed by atoms with Crippen molar-refractivity contribution < 1.29 is 4.79 Å². The van der Waals surface area contributed by atoms with Crippen molar-refractivity contribution in [2.45, 2.75) is 37.1 Å². The quantitative estimate of drug-likeness (QED) is 0.798. The van der Waals surface area contributed by atoms with E-state index < -0.39 is 0 Å². The van der Waals surface area contributed by atoms with Crippen LogP contribution in [0.2, 0.25) is 0 Å². The monoisotopic (exact) mass is 298 g/mol. The predicted octanol–water partition coefficient (Wildman–Crippen LogP) is 3.04. The summed E-state index contributed by atoms with van der Waals surface area (Å²) in [5.41, 5.74) is 1.24. The van der Waals surface area contributed by atoms with Crippen molar-refractivity contribution in [3.8, 4) is 0 Å². The van der Waals surface area contributed by atoms with E-state index in [2.05, 4.69) is 28.5 Å². The lowest BCUT2D eigenvalue weighted by atomic mass is 9.81. The van der Waals surface area contributed by atoms with Gasteiger partial charge in [-0.3, -0.25) is 4.79 Å². The maximum atomic E-state index is 12.7. The van der Waals surface area contributed by atoms with Crippen molar-refractivity contribution in [3.05, 3.63) is 48.6 Å². The third-order valence-electron chi connectivity index (χ3n) is 5.56. The van der Waals surface area contributed by atoms with Crippen LogP contribution in [0.15, 0.2) is 43.0 Å². The van der Waals surface area contributed by atoms with Crippen LogP contribution < -0.4 is 0 Å². The van der Waals surface area contributed by atoms with Crippen LogP contribution in [0.4, 0.5) is 0 Å². The third-order valence-corrected chi connectivity index (χ3v) is 5.56. The highest BCUT2D eigenvalue weighted by Gasteiger charge is 2.50. The van der Waals surface area contributed by atoms with E-state index in [-0.39, 0.29) is 11.5 Å². The van der Waals surface area contributed by atoms with Gasteiger partial charge < -0.3 is 9.80 Å². The van der Waals surface area contributed by atoms with E-state index in [9.17, 15) is 4.79 Å². The Morgan fingerprint density at radius 3 is 2.59 bits per heavy atom. The summed E-state index contributed by atoms with van der Waals surface area (Å²) in [5.74, 6) is 0.344. The highest BCUT2D eigenvalue weighted by atomic mass is 16.2. The molecule has 3 heteroatoms. The Balaban J connectivity index is 1.71. The lowest BCUT2D eigenvalue weighted by molar-refractivity contribution is -0.131. The molecule has 0 N–H and O–H groups in total. The zero-order chi connectivity index (χ0) is 15.6. The van der Waals surface area contributed by atoms with Crippen LogP contribution in [-0.2, 0) is 4.79 Å². The summed E-state index contributed by atoms with van der Waals surface area (Å²) in [6.07, 6.45) is 6.20. The van der Waals surface area contributed by atoms with Gasteiger partial charge in [-0.05, 0) is 31.2 Å². The van der Waals surface area contributed by atoms with Gasteiger partial charge in [-0.1, -0.05) is 36.4 Å². The standard InChI is InChI=1S/C19H26N2O/c1-3-4-12-21-13-10-19(11-14-21)15-17(18(22)20(19)2)16-8-6-5-7-9-16/h3,5-9,17H,1,4,10-15H2,2H3. The minimum Gasteiger partial charge on any atom is -0.339 e. The van der Waals surface area contributed by atoms with E-state index in [0.29, 0.717) is 5.91 Å². The average Bonchev–Trinajstić information content (AvgIpc) is 2.81. The van der Waals surface area contributed by atoms with Gasteiger partial charge in [-0.25, -0.2) is 0 Å². The molecule has 0 radical (unpaired) electrons. The molecule has 0 bridgehead atoms. The molecule has 22 heavy (non-hydrogen) atoms. The van der Waals surface area contributed by atoms with Gasteiger partial charge in [0.1, 0.15) is 0 Å². The molecule has 2 aliphatic rings. The Labute approximate surface area is 133 Å². The normalized spacial score (nSPS) is 24.9. The molecule has 2 saturated heterocycles. The number of carbonyl (C=O) groups is 1. The number of benzene rings is 1. The molecule has 2 heterocycles. The van der Waals surface area contributed by atoms with E-state index >= 15 is 0 Å². The number of amides is 1. The number of rotatable bonds is 4. The number of nitrogens with zero attached hydrogens (tertiary/aromatic N) is 2. The SMILES string of the molecule is C=CCCN1CCC2(CC1)CC(c1ccccc1)C(=O)N2C. The van der Waals surface area contributed by atoms with Crippen LogP contribution in [0.3, 0.4) is 0 Å². The van der Waals surface area contributed by atoms with Gasteiger partial charge in [-0.15, -0.1) is 6.58 Å². The summed E-state index contributed by atoms with van der Waals surface area (Å²) in [7, 11) is 2.00. The lowest BCUT2D eigenvalue weighted by Crippen LogP contribution is -2.51. The molecular formula is C19H26N2O. The van der Waals surface area contributed by atoms with Crippen LogP contribution in [0.1, 0.15) is 37.2 Å². The minimum atomic E-state index is 0.0472. The fraction of sp³-hybridized carbons (Fsp3) is 0.526. The van der Waals surface area contributed by atoms with Crippen molar-refractivity contribution in [1.82, 2.24) is 9.80 Å². The van der Waals surface area contributed by atoms with Gasteiger partial charge in [0, 0.05) is 32.2 Å². The van der Waals surface area contributed by atoms with Crippen LogP contribution in [0.25, 0.3) is 0 Å². The Kier molecular flexibility index (Phi) is 4.34. The first-order valence-electron chi connectivity index (χ1n) is 8.32. The number of carbonyl (C=O) groups excluding carboxylic acids is 1. The molecule has 1 atom stereocenters. The van der Waals surface area contributed by atoms with E-state index in [1.807, 2.05) is 31.3 Å². The Morgan fingerprint density at radius 2 is 1.95 bits per heavy atom. The molecule has 0 aromatic heterocycles. The molecule has 1 spiro atoms. The zero-order valence-corrected chi connectivity index (χ0v) is 13.5. The number of hydrogen-bond acceptors (Lipinski definition) is 2. The van der Waals surface area contributed by atoms with Gasteiger partial charge in [-0.2, -0.15) is 0 Å². The van der Waals surface area contributed by atoms with Crippen molar-refractivity contribution >= 4 is 5.91 Å². The summed E-state index contributed by atoms with van der Waals surface area (Å²) in [5, 5.41) is 0. The molecule has 1 unspecified atom stereocenters. The van der Waals surface area contributed by atoms with Crippen LogP contribution in [-0.4, -0.2) is 47.9 Å². The maximum Gasteiger partial charge on any atom is 0.230 e. The zero-order valence-electron chi connectivity index (χ0n) is 13.5. The van der Waals surface area contributed by atoms with Gasteiger partial charge in [0.2, 0.25) is 5.91 Å². The number of likely N-dealkylation sites (tertiary alicyclic amines) is 2. The second-order valence-corrected chi connectivity index (χ2v) is 6.71. The van der Waals surface area contributed by atoms with Gasteiger partial charge in [0.25, 0.3) is 0 Å². The summed E-state index contributed by atoms with van der Waals surface area (Å²) in [6, 6.07) is 10.3. The second-order valence-electron chi connectivity index (χ2n) is 6.71. The first kappa shape index (κ1) is 15.3. The summed E-state index contributed by atoms with van der Waals surface area (Å²) in [6.45, 7) is 7.08. The van der Waals surface area contributed by atoms with Crippen molar-refractivity contribution in [3.63, 3.8) is 0 Å². The fourth-order valence-electron chi connectivity index (χ4n) is 4.02. The third kappa shape index (κ3) is 2.70. The van der Waals surface area contributed by atoms with Gasteiger partial charge >= 0.3 is 0 Å². The number of piperidine rings is 1. The molecule has 1 aromatic rings. The van der Waals surface area contributed by atoms with Crippen molar-refractivity contribution in [1.29, 1.82) is 0 Å². The Morgan fingerprint density at radius 1 is 1.27 bits per heavy atom. The number of likely N-dealkylation sites (N-methyl/N-ethyl adjacent to an activating group) is 1. The van der Waals surface area contributed by atoms with E-state index in [0.717, 1.165) is 45.3 Å². The molecule has 3 nitrogen and oxygen atoms in total. The van der Waals surface area contributed by atoms with E-state index in [1.165, 1.54) is 5.56 Å². The molecule has 2 fully saturated rings. The molecule has 3 rings (SSSR count). The number of hydrogen-bond donors (Lipinski definition) is 0. The second kappa shape index (κ2) is 6.25. The molecule has 1 aromatic carbocycles. The summed E-state index contributed by atoms with van der Waals surface area (Å²) >= 11 is 0. The molecule has 1 amide bonds. The van der Waals surface area contributed by atoms with Gasteiger partial charge in [0.05, 0.1) is 5.92 Å². The first-order chi connectivity index (χ1) is 10.7. The highest BCUT2D eigenvalue weighted by Crippen LogP contribution is 2.44. The first-order valence-corrected chi connectivity index (χ1v) is 8.32. The molecule has 2 aliphatic heterocycles. The van der Waals surface area contributed by atoms with Crippen LogP contribution in [0.5, 0.6) is 0 Å². The van der Waals surface area contributed by atoms with Crippen molar-refractivity contribution in [2.75, 3.05) is 26.7 Å². The summed E-state index contributed by atoms with van der Waals surface area (Å²) < 4.78 is 0. The predicted molar refractivity (Wildman–Crippen MR) is 89.8 cm³/mol. The maximum absolute atomic E-state index is 12.7. The van der Waals surface area contributed by atoms with E-state index in [1.54, 1.807) is 0 Å². The lowest BCUT2D eigenvalue weighted by Gasteiger charge is -2.43. The smallest absolute Gasteiger partial charge is 0.230 e. The van der Waals surface area contributed by atoms with Crippen molar-refractivity contribution in [2.24, 2.45) is 0 Å². The summed E-state index contributed by atoms with van der Waals surface area (Å²) in [4.78, 5) is 17.3. The molecule has 0 aliphatic carbocycles. The van der Waals surface area contributed by atoms with E-state index in [4.69, 9.17) is 0 Å². The Bertz CT molecular complexity index is 532. The molecule has 0 saturated carbocycles. The highest BCUT2D eigenvalue weighted by molar-refractivity contribution is 5.87.